The Bertz CT molecular complexity index is 1230. The van der Waals surface area contributed by atoms with Gasteiger partial charge in [-0.2, -0.15) is 16.8 Å². The number of hydrogen-bond acceptors (Lipinski definition) is 9. The maximum Gasteiger partial charge on any atom is 0.298 e. The highest BCUT2D eigenvalue weighted by molar-refractivity contribution is 7.86. The molecule has 13 heteroatoms. The number of anilines is 2. The third-order valence-corrected chi connectivity index (χ3v) is 9.43. The Labute approximate surface area is 298 Å². The number of nitrogen functional groups attached to an aromatic ring is 2. The van der Waals surface area contributed by atoms with Gasteiger partial charge < -0.3 is 26.0 Å². The SMILES string of the molecule is CCCCN(CCCC)CCCC.CCCCN(CCCC)CCCC.Nc1ccc(Oc2ccc(N)cc2S(=O)(=O)O)c(S(=O)(=O)O)c1. The van der Waals surface area contributed by atoms with Gasteiger partial charge in [0.15, 0.2) is 0 Å². The molecule has 0 amide bonds. The predicted molar refractivity (Wildman–Crippen MR) is 204 cm³/mol. The molecule has 2 aromatic carbocycles. The molecule has 0 atom stereocenters. The van der Waals surface area contributed by atoms with Crippen LogP contribution >= 0.6 is 0 Å². The smallest absolute Gasteiger partial charge is 0.298 e. The van der Waals surface area contributed by atoms with Crippen molar-refractivity contribution in [1.29, 1.82) is 0 Å². The minimum atomic E-state index is -4.67. The highest BCUT2D eigenvalue weighted by Crippen LogP contribution is 2.34. The van der Waals surface area contributed by atoms with Crippen LogP contribution in [0.15, 0.2) is 46.2 Å². The zero-order valence-electron chi connectivity index (χ0n) is 31.0. The van der Waals surface area contributed by atoms with Gasteiger partial charge >= 0.3 is 0 Å². The second-order valence-electron chi connectivity index (χ2n) is 12.3. The van der Waals surface area contributed by atoms with E-state index in [0.717, 1.165) is 24.3 Å². The summed E-state index contributed by atoms with van der Waals surface area (Å²) < 4.78 is 69.1. The van der Waals surface area contributed by atoms with Gasteiger partial charge in [-0.15, -0.1) is 0 Å². The first-order chi connectivity index (χ1) is 23.2. The number of ether oxygens (including phenoxy) is 1. The zero-order chi connectivity index (χ0) is 37.3. The van der Waals surface area contributed by atoms with Crippen molar-refractivity contribution in [3.05, 3.63) is 36.4 Å². The molecule has 0 spiro atoms. The van der Waals surface area contributed by atoms with Crippen molar-refractivity contribution in [1.82, 2.24) is 9.80 Å². The average Bonchev–Trinajstić information content (AvgIpc) is 3.05. The normalized spacial score (nSPS) is 11.6. The molecule has 0 saturated carbocycles. The second-order valence-corrected chi connectivity index (χ2v) is 15.0. The molecule has 0 aliphatic rings. The van der Waals surface area contributed by atoms with Crippen LogP contribution in [-0.4, -0.2) is 75.0 Å². The van der Waals surface area contributed by atoms with Gasteiger partial charge in [0.05, 0.1) is 0 Å². The maximum absolute atomic E-state index is 11.4. The quantitative estimate of drug-likeness (QED) is 0.0675. The molecule has 49 heavy (non-hydrogen) atoms. The Kier molecular flexibility index (Phi) is 25.1. The largest absolute Gasteiger partial charge is 0.454 e. The first-order valence-corrected chi connectivity index (χ1v) is 20.9. The molecule has 0 bridgehead atoms. The third kappa shape index (κ3) is 21.4. The van der Waals surface area contributed by atoms with E-state index in [4.69, 9.17) is 16.2 Å². The molecule has 0 aliphatic heterocycles. The number of nitrogens with two attached hydrogens (primary N) is 2. The molecule has 11 nitrogen and oxygen atoms in total. The lowest BCUT2D eigenvalue weighted by Crippen LogP contribution is -2.27. The van der Waals surface area contributed by atoms with Crippen molar-refractivity contribution < 1.29 is 30.7 Å². The number of nitrogens with zero attached hydrogens (tertiary/aromatic N) is 2. The second kappa shape index (κ2) is 26.4. The summed E-state index contributed by atoms with van der Waals surface area (Å²) in [6.45, 7) is 21.5. The van der Waals surface area contributed by atoms with Crippen molar-refractivity contribution >= 4 is 31.6 Å². The summed E-state index contributed by atoms with van der Waals surface area (Å²) in [4.78, 5) is 3.96. The molecule has 0 fully saturated rings. The van der Waals surface area contributed by atoms with Crippen molar-refractivity contribution in [3.63, 3.8) is 0 Å². The molecule has 0 radical (unpaired) electrons. The van der Waals surface area contributed by atoms with E-state index >= 15 is 0 Å². The number of hydrogen-bond donors (Lipinski definition) is 4. The van der Waals surface area contributed by atoms with Crippen molar-refractivity contribution in [2.24, 2.45) is 0 Å². The van der Waals surface area contributed by atoms with E-state index in [-0.39, 0.29) is 22.9 Å². The molecular formula is C36H66N4O7S2. The van der Waals surface area contributed by atoms with Gasteiger partial charge in [-0.25, -0.2) is 0 Å². The minimum Gasteiger partial charge on any atom is -0.454 e. The van der Waals surface area contributed by atoms with Crippen LogP contribution < -0.4 is 16.2 Å². The van der Waals surface area contributed by atoms with Gasteiger partial charge in [-0.05, 0) is 114 Å². The Morgan fingerprint density at radius 1 is 0.510 bits per heavy atom. The van der Waals surface area contributed by atoms with Gasteiger partial charge in [0.25, 0.3) is 20.2 Å². The third-order valence-electron chi connectivity index (χ3n) is 7.68. The fourth-order valence-electron chi connectivity index (χ4n) is 4.70. The lowest BCUT2D eigenvalue weighted by atomic mass is 10.2. The summed E-state index contributed by atoms with van der Waals surface area (Å²) in [7, 11) is -9.35. The molecule has 6 N–H and O–H groups in total. The molecule has 2 rings (SSSR count). The number of rotatable bonds is 22. The highest BCUT2D eigenvalue weighted by atomic mass is 32.2. The Morgan fingerprint density at radius 2 is 0.755 bits per heavy atom. The van der Waals surface area contributed by atoms with E-state index in [1.807, 2.05) is 0 Å². The predicted octanol–water partition coefficient (Wildman–Crippen LogP) is 8.51. The summed E-state index contributed by atoms with van der Waals surface area (Å²) >= 11 is 0. The van der Waals surface area contributed by atoms with Gasteiger partial charge in [0.2, 0.25) is 0 Å². The summed E-state index contributed by atoms with van der Waals surface area (Å²) in [6.07, 6.45) is 16.2. The fraction of sp³-hybridized carbons (Fsp3) is 0.667. The molecule has 0 unspecified atom stereocenters. The van der Waals surface area contributed by atoms with E-state index in [1.165, 1.54) is 128 Å². The summed E-state index contributed by atoms with van der Waals surface area (Å²) in [6, 6.07) is 6.71. The Morgan fingerprint density at radius 3 is 0.959 bits per heavy atom. The molecule has 0 aliphatic carbocycles. The minimum absolute atomic E-state index is 0.0392. The van der Waals surface area contributed by atoms with Crippen LogP contribution in [0.4, 0.5) is 11.4 Å². The van der Waals surface area contributed by atoms with Crippen LogP contribution in [0.1, 0.15) is 119 Å². The van der Waals surface area contributed by atoms with Gasteiger partial charge in [-0.3, -0.25) is 9.11 Å². The monoisotopic (exact) mass is 730 g/mol. The molecule has 0 aromatic heterocycles. The van der Waals surface area contributed by atoms with Crippen LogP contribution in [0, 0.1) is 0 Å². The van der Waals surface area contributed by atoms with Crippen molar-refractivity contribution in [2.75, 3.05) is 50.7 Å². The first kappa shape index (κ1) is 46.6. The van der Waals surface area contributed by atoms with Crippen LogP contribution in [-0.2, 0) is 20.2 Å². The number of unbranched alkanes of at least 4 members (excludes halogenated alkanes) is 6. The highest BCUT2D eigenvalue weighted by Gasteiger charge is 2.22. The molecule has 0 saturated heterocycles. The lowest BCUT2D eigenvalue weighted by Gasteiger charge is -2.21. The van der Waals surface area contributed by atoms with E-state index in [1.54, 1.807) is 0 Å². The van der Waals surface area contributed by atoms with E-state index < -0.39 is 30.0 Å². The zero-order valence-corrected chi connectivity index (χ0v) is 32.6. The van der Waals surface area contributed by atoms with Gasteiger partial charge in [0.1, 0.15) is 21.3 Å². The van der Waals surface area contributed by atoms with E-state index in [9.17, 15) is 25.9 Å². The van der Waals surface area contributed by atoms with Crippen LogP contribution in [0.25, 0.3) is 0 Å². The maximum atomic E-state index is 11.4. The van der Waals surface area contributed by atoms with Crippen molar-refractivity contribution in [3.8, 4) is 11.5 Å². The van der Waals surface area contributed by atoms with Crippen LogP contribution in [0.5, 0.6) is 11.5 Å². The van der Waals surface area contributed by atoms with Gasteiger partial charge in [0, 0.05) is 11.4 Å². The van der Waals surface area contributed by atoms with Crippen molar-refractivity contribution in [2.45, 2.75) is 128 Å². The standard InChI is InChI=1S/C12H12N2O7S2.2C12H27N/c13-7-1-3-9(11(5-7)22(15,16)17)21-10-4-2-8(14)6-12(10)23(18,19)20;2*1-4-7-10-13(11-8-5-2)12-9-6-3/h1-6H,13-14H2,(H,15,16,17)(H,18,19,20);2*4-12H2,1-3H3. The fourth-order valence-corrected chi connectivity index (χ4v) is 6.00. The summed E-state index contributed by atoms with van der Waals surface area (Å²) in [5, 5.41) is 0. The van der Waals surface area contributed by atoms with Crippen LogP contribution in [0.3, 0.4) is 0 Å². The molecule has 2 aromatic rings. The Balaban J connectivity index is 0.000000763. The van der Waals surface area contributed by atoms with E-state index in [2.05, 4.69) is 51.3 Å². The molecular weight excluding hydrogens is 665 g/mol. The van der Waals surface area contributed by atoms with E-state index in [0.29, 0.717) is 0 Å². The van der Waals surface area contributed by atoms with Crippen LogP contribution in [0.2, 0.25) is 0 Å². The summed E-state index contributed by atoms with van der Waals surface area (Å²) in [5.74, 6) is -0.757. The molecule has 284 valence electrons. The number of benzene rings is 2. The average molecular weight is 731 g/mol. The first-order valence-electron chi connectivity index (χ1n) is 18.0. The Hall–Kier alpha value is -2.42. The summed E-state index contributed by atoms with van der Waals surface area (Å²) in [5.41, 5.74) is 11.0. The van der Waals surface area contributed by atoms with Gasteiger partial charge in [-0.1, -0.05) is 80.1 Å². The topological polar surface area (TPSA) is 176 Å². The molecule has 0 heterocycles. The lowest BCUT2D eigenvalue weighted by molar-refractivity contribution is 0.261.